The van der Waals surface area contributed by atoms with Gasteiger partial charge in [-0.3, -0.25) is 0 Å². The van der Waals surface area contributed by atoms with E-state index in [-0.39, 0.29) is 41.1 Å². The predicted molar refractivity (Wildman–Crippen MR) is 217 cm³/mol. The van der Waals surface area contributed by atoms with Crippen LogP contribution in [-0.2, 0) is 35.5 Å². The molecule has 0 spiro atoms. The van der Waals surface area contributed by atoms with E-state index in [1.807, 2.05) is 0 Å². The zero-order chi connectivity index (χ0) is 33.8. The van der Waals surface area contributed by atoms with Gasteiger partial charge in [-0.2, -0.15) is 0 Å². The van der Waals surface area contributed by atoms with Gasteiger partial charge in [0, 0.05) is 0 Å². The number of halogens is 2. The molecule has 2 aliphatic rings. The second kappa shape index (κ2) is 12.3. The first-order chi connectivity index (χ1) is 21.1. The van der Waals surface area contributed by atoms with Gasteiger partial charge in [-0.1, -0.05) is 0 Å². The molecule has 4 aromatic rings. The minimum atomic E-state index is -4.58. The number of hydrogen-bond donors (Lipinski definition) is 0. The van der Waals surface area contributed by atoms with E-state index in [0.29, 0.717) is 5.92 Å². The number of rotatable bonds is 3. The fraction of sp³-hybridized carbons (Fsp3) is 0.400. The van der Waals surface area contributed by atoms with Gasteiger partial charge in [0.05, 0.1) is 0 Å². The number of aryl methyl sites for hydroxylation is 1. The quantitative estimate of drug-likeness (QED) is 0.172. The van der Waals surface area contributed by atoms with Crippen LogP contribution in [0.15, 0.2) is 81.7 Å². The average molecular weight is 761 g/mol. The van der Waals surface area contributed by atoms with Gasteiger partial charge in [0.15, 0.2) is 0 Å². The van der Waals surface area contributed by atoms with E-state index in [2.05, 4.69) is 161 Å². The van der Waals surface area contributed by atoms with Crippen molar-refractivity contribution in [2.45, 2.75) is 105 Å². The van der Waals surface area contributed by atoms with Gasteiger partial charge >= 0.3 is 282 Å². The molecule has 0 aliphatic heterocycles. The normalized spacial score (nSPS) is 16.5. The summed E-state index contributed by atoms with van der Waals surface area (Å²) in [4.78, 5) is 0. The molecule has 0 radical (unpaired) electrons. The maximum atomic E-state index is 5.70. The Bertz CT molecular complexity index is 2070. The standard InChI is InChI=1S/C23H29.C10H7.C10H15.CH3.CH2.2ClH.Zr/c1-14-9-16-11-17-10-15(2)21(23(6,7)8)13-19(17)18(16)12-20(14)22(3,4)5;1-2-6-10-8-4-3-7-9(10)5-1;1-8-5-6-9(7-8)10(2,3)4;;;;;/h9,12-13H,11H2,1-8H3;1-3,5-8H;6-8H,1-4H3;1H3;1H2;2*1H;. The van der Waals surface area contributed by atoms with Gasteiger partial charge in [-0.15, -0.1) is 24.8 Å². The van der Waals surface area contributed by atoms with E-state index < -0.39 is 18.3 Å². The van der Waals surface area contributed by atoms with Crippen molar-refractivity contribution in [3.8, 4) is 11.1 Å². The monoisotopic (exact) mass is 758 g/mol. The molecule has 6 rings (SSSR count). The van der Waals surface area contributed by atoms with Crippen molar-refractivity contribution >= 4 is 46.3 Å². The molecule has 3 heteroatoms. The Morgan fingerprint density at radius 3 is 1.85 bits per heavy atom. The van der Waals surface area contributed by atoms with Crippen molar-refractivity contribution in [1.82, 2.24) is 0 Å². The summed E-state index contributed by atoms with van der Waals surface area (Å²) in [6.45, 7) is 28.5. The second-order valence-electron chi connectivity index (χ2n) is 18.3. The van der Waals surface area contributed by atoms with E-state index in [4.69, 9.17) is 4.21 Å². The first-order valence-electron chi connectivity index (χ1n) is 17.4. The molecular formula is C45H58Cl2Zr. The summed E-state index contributed by atoms with van der Waals surface area (Å²) in [5.74, 6) is 0.348. The molecule has 4 aromatic carbocycles. The van der Waals surface area contributed by atoms with Gasteiger partial charge < -0.3 is 0 Å². The van der Waals surface area contributed by atoms with Crippen LogP contribution in [0.2, 0.25) is 4.63 Å². The Balaban J connectivity index is 0.00000260. The van der Waals surface area contributed by atoms with Crippen molar-refractivity contribution in [3.63, 3.8) is 0 Å². The number of fused-ring (bicyclic) bond motifs is 4. The third-order valence-corrected chi connectivity index (χ3v) is 26.4. The van der Waals surface area contributed by atoms with E-state index >= 15 is 0 Å². The van der Waals surface area contributed by atoms with E-state index in [1.54, 1.807) is 12.1 Å². The van der Waals surface area contributed by atoms with E-state index in [1.165, 1.54) is 58.6 Å². The number of benzene rings is 4. The summed E-state index contributed by atoms with van der Waals surface area (Å²) in [6.07, 6.45) is 6.14. The van der Waals surface area contributed by atoms with Crippen molar-refractivity contribution < 1.29 is 18.3 Å². The van der Waals surface area contributed by atoms with Crippen LogP contribution in [0.25, 0.3) is 21.9 Å². The molecule has 0 amide bonds. The Hall–Kier alpha value is -2.05. The third kappa shape index (κ3) is 6.03. The first-order valence-corrected chi connectivity index (χ1v) is 25.3. The van der Waals surface area contributed by atoms with Crippen LogP contribution < -0.4 is 6.54 Å². The topological polar surface area (TPSA) is 0 Å². The maximum absolute atomic E-state index is 5.70. The zero-order valence-electron chi connectivity index (χ0n) is 31.7. The van der Waals surface area contributed by atoms with Gasteiger partial charge in [0.25, 0.3) is 0 Å². The Morgan fingerprint density at radius 2 is 1.29 bits per heavy atom. The van der Waals surface area contributed by atoms with Crippen molar-refractivity contribution in [2.24, 2.45) is 11.3 Å². The van der Waals surface area contributed by atoms with Crippen LogP contribution in [0.3, 0.4) is 0 Å². The molecule has 0 saturated carbocycles. The number of allylic oxidation sites excluding steroid dienone is 4. The zero-order valence-corrected chi connectivity index (χ0v) is 35.8. The molecule has 0 nitrogen and oxygen atoms in total. The Morgan fingerprint density at radius 1 is 0.708 bits per heavy atom. The Kier molecular flexibility index (Phi) is 9.95. The fourth-order valence-electron chi connectivity index (χ4n) is 9.17. The third-order valence-electron chi connectivity index (χ3n) is 11.5. The molecule has 1 unspecified atom stereocenters. The van der Waals surface area contributed by atoms with Crippen LogP contribution in [-0.4, -0.2) is 4.21 Å². The van der Waals surface area contributed by atoms with Crippen molar-refractivity contribution in [1.29, 1.82) is 0 Å². The molecule has 0 saturated heterocycles. The predicted octanol–water partition coefficient (Wildman–Crippen LogP) is 12.1. The van der Waals surface area contributed by atoms with Crippen molar-refractivity contribution in [2.75, 3.05) is 0 Å². The van der Waals surface area contributed by atoms with E-state index in [9.17, 15) is 0 Å². The molecule has 0 aromatic heterocycles. The molecular weight excluding hydrogens is 703 g/mol. The summed E-state index contributed by atoms with van der Waals surface area (Å²) in [6, 6.07) is 23.8. The fourth-order valence-corrected chi connectivity index (χ4v) is 24.0. The van der Waals surface area contributed by atoms with Gasteiger partial charge in [0.2, 0.25) is 0 Å². The van der Waals surface area contributed by atoms with Gasteiger partial charge in [0.1, 0.15) is 0 Å². The molecule has 2 aliphatic carbocycles. The molecule has 0 fully saturated rings. The summed E-state index contributed by atoms with van der Waals surface area (Å²) >= 11 is -4.58. The van der Waals surface area contributed by atoms with Crippen LogP contribution in [0.1, 0.15) is 103 Å². The van der Waals surface area contributed by atoms with Crippen LogP contribution in [0.5, 0.6) is 0 Å². The van der Waals surface area contributed by atoms with Crippen LogP contribution in [0.4, 0.5) is 0 Å². The SMILES string of the molecule is Cl.Cl.[CH2]=[Zr]([CH3])([C]1=CC(C(C)(C)C)=CC1C)([c]1ccc2ccccc2c1)[c]1c(C)c(C(C)(C)C)cc2c1Cc1cc(C)c(C(C)(C)C)cc1-2. The van der Waals surface area contributed by atoms with Crippen LogP contribution in [0, 0.1) is 25.2 Å². The minimum absolute atomic E-state index is 0. The molecule has 1 atom stereocenters. The Labute approximate surface area is 305 Å². The molecule has 0 heterocycles. The summed E-state index contributed by atoms with van der Waals surface area (Å²) in [5.41, 5.74) is 13.3. The average Bonchev–Trinajstić information content (AvgIpc) is 3.51. The molecule has 256 valence electrons. The van der Waals surface area contributed by atoms with Gasteiger partial charge in [-0.25, -0.2) is 0 Å². The van der Waals surface area contributed by atoms with E-state index in [0.717, 1.165) is 6.42 Å². The summed E-state index contributed by atoms with van der Waals surface area (Å²) in [7, 11) is 0. The summed E-state index contributed by atoms with van der Waals surface area (Å²) in [5, 5.41) is 2.62. The first kappa shape index (κ1) is 38.8. The van der Waals surface area contributed by atoms with Crippen LogP contribution >= 0.6 is 24.8 Å². The molecule has 48 heavy (non-hydrogen) atoms. The number of hydrogen-bond acceptors (Lipinski definition) is 0. The molecule has 0 bridgehead atoms. The van der Waals surface area contributed by atoms with Crippen molar-refractivity contribution in [3.05, 3.63) is 115 Å². The second-order valence-corrected chi connectivity index (χ2v) is 32.2. The molecule has 0 N–H and O–H groups in total. The summed E-state index contributed by atoms with van der Waals surface area (Å²) < 4.78 is 13.0. The van der Waals surface area contributed by atoms with Gasteiger partial charge in [-0.05, 0) is 0 Å².